The van der Waals surface area contributed by atoms with Crippen molar-refractivity contribution in [1.29, 1.82) is 0 Å². The molecule has 2 aromatic carbocycles. The van der Waals surface area contributed by atoms with Crippen molar-refractivity contribution < 1.29 is 13.9 Å². The molecule has 22 heavy (non-hydrogen) atoms. The van der Waals surface area contributed by atoms with E-state index in [0.29, 0.717) is 28.1 Å². The average Bonchev–Trinajstić information content (AvgIpc) is 2.84. The number of nitrogens with two attached hydrogens (primary N) is 1. The third-order valence-electron chi connectivity index (χ3n) is 3.22. The predicted molar refractivity (Wildman–Crippen MR) is 89.3 cm³/mol. The van der Waals surface area contributed by atoms with Crippen molar-refractivity contribution in [2.45, 2.75) is 0 Å². The summed E-state index contributed by atoms with van der Waals surface area (Å²) in [6.07, 6.45) is 0. The highest BCUT2D eigenvalue weighted by atomic mass is 79.9. The van der Waals surface area contributed by atoms with Gasteiger partial charge in [0.1, 0.15) is 11.3 Å². The van der Waals surface area contributed by atoms with Gasteiger partial charge in [-0.05, 0) is 30.3 Å². The molecule has 3 rings (SSSR count). The number of carbonyl (C=O) groups excluding carboxylic acids is 1. The van der Waals surface area contributed by atoms with Crippen molar-refractivity contribution >= 4 is 44.2 Å². The first kappa shape index (κ1) is 14.5. The number of methoxy groups -OCH3 is 1. The van der Waals surface area contributed by atoms with E-state index < -0.39 is 5.91 Å². The van der Waals surface area contributed by atoms with E-state index in [2.05, 4.69) is 21.2 Å². The summed E-state index contributed by atoms with van der Waals surface area (Å²) in [5, 5.41) is 3.44. The Morgan fingerprint density at radius 1 is 1.27 bits per heavy atom. The Bertz CT molecular complexity index is 858. The molecule has 3 N–H and O–H groups in total. The fourth-order valence-electron chi connectivity index (χ4n) is 2.15. The summed E-state index contributed by atoms with van der Waals surface area (Å²) >= 11 is 3.37. The topological polar surface area (TPSA) is 77.5 Å². The zero-order chi connectivity index (χ0) is 15.7. The standard InChI is InChI=1S/C16H13BrN2O3/c1-21-11-4-2-3-10(8-11)19-16(20)15-14(18)12-7-9(17)5-6-13(12)22-15/h2-8H,18H2,1H3,(H,19,20). The van der Waals surface area contributed by atoms with Crippen LogP contribution in [0.5, 0.6) is 5.75 Å². The minimum atomic E-state index is -0.405. The largest absolute Gasteiger partial charge is 0.497 e. The number of nitrogens with one attached hydrogen (secondary N) is 1. The molecule has 0 unspecified atom stereocenters. The van der Waals surface area contributed by atoms with Crippen LogP contribution in [0.1, 0.15) is 10.6 Å². The fourth-order valence-corrected chi connectivity index (χ4v) is 2.51. The van der Waals surface area contributed by atoms with E-state index in [1.165, 1.54) is 0 Å². The quantitative estimate of drug-likeness (QED) is 0.738. The molecule has 0 aliphatic carbocycles. The van der Waals surface area contributed by atoms with Crippen molar-refractivity contribution in [3.63, 3.8) is 0 Å². The molecule has 0 atom stereocenters. The molecule has 5 nitrogen and oxygen atoms in total. The van der Waals surface area contributed by atoms with Gasteiger partial charge in [-0.1, -0.05) is 22.0 Å². The minimum absolute atomic E-state index is 0.0934. The van der Waals surface area contributed by atoms with Crippen LogP contribution in [0.2, 0.25) is 0 Å². The van der Waals surface area contributed by atoms with Gasteiger partial charge in [-0.3, -0.25) is 4.79 Å². The summed E-state index contributed by atoms with van der Waals surface area (Å²) < 4.78 is 11.5. The lowest BCUT2D eigenvalue weighted by molar-refractivity contribution is 0.1000. The zero-order valence-electron chi connectivity index (χ0n) is 11.7. The van der Waals surface area contributed by atoms with Gasteiger partial charge in [-0.25, -0.2) is 0 Å². The summed E-state index contributed by atoms with van der Waals surface area (Å²) in [7, 11) is 1.57. The van der Waals surface area contributed by atoms with Gasteiger partial charge in [0.25, 0.3) is 5.91 Å². The Morgan fingerprint density at radius 2 is 2.09 bits per heavy atom. The highest BCUT2D eigenvalue weighted by molar-refractivity contribution is 9.10. The monoisotopic (exact) mass is 360 g/mol. The molecule has 0 radical (unpaired) electrons. The Kier molecular flexibility index (Phi) is 3.77. The lowest BCUT2D eigenvalue weighted by Crippen LogP contribution is -2.12. The van der Waals surface area contributed by atoms with Crippen LogP contribution in [0.15, 0.2) is 51.4 Å². The number of fused-ring (bicyclic) bond motifs is 1. The van der Waals surface area contributed by atoms with Crippen molar-refractivity contribution in [2.75, 3.05) is 18.2 Å². The summed E-state index contributed by atoms with van der Waals surface area (Å²) in [6.45, 7) is 0. The maximum Gasteiger partial charge on any atom is 0.293 e. The molecule has 1 heterocycles. The van der Waals surface area contributed by atoms with E-state index in [4.69, 9.17) is 14.9 Å². The van der Waals surface area contributed by atoms with Gasteiger partial charge >= 0.3 is 0 Å². The summed E-state index contributed by atoms with van der Waals surface area (Å²) in [5.74, 6) is 0.341. The molecule has 0 saturated carbocycles. The van der Waals surface area contributed by atoms with Crippen LogP contribution >= 0.6 is 15.9 Å². The molecule has 0 fully saturated rings. The third kappa shape index (κ3) is 2.65. The van der Waals surface area contributed by atoms with Gasteiger partial charge in [-0.2, -0.15) is 0 Å². The van der Waals surface area contributed by atoms with Crippen LogP contribution in [-0.4, -0.2) is 13.0 Å². The van der Waals surface area contributed by atoms with Crippen LogP contribution < -0.4 is 15.8 Å². The predicted octanol–water partition coefficient (Wildman–Crippen LogP) is 4.04. The number of carbonyl (C=O) groups is 1. The highest BCUT2D eigenvalue weighted by Crippen LogP contribution is 2.31. The maximum atomic E-state index is 12.4. The number of hydrogen-bond donors (Lipinski definition) is 2. The molecule has 1 aromatic heterocycles. The second-order valence-corrected chi connectivity index (χ2v) is 5.59. The SMILES string of the molecule is COc1cccc(NC(=O)c2oc3ccc(Br)cc3c2N)c1. The third-order valence-corrected chi connectivity index (χ3v) is 3.72. The van der Waals surface area contributed by atoms with Crippen LogP contribution in [-0.2, 0) is 0 Å². The zero-order valence-corrected chi connectivity index (χ0v) is 13.3. The molecule has 0 aliphatic heterocycles. The lowest BCUT2D eigenvalue weighted by Gasteiger charge is -2.05. The summed E-state index contributed by atoms with van der Waals surface area (Å²) in [5.41, 5.74) is 7.50. The summed E-state index contributed by atoms with van der Waals surface area (Å²) in [6, 6.07) is 12.5. The van der Waals surface area contributed by atoms with Crippen LogP contribution in [0.4, 0.5) is 11.4 Å². The van der Waals surface area contributed by atoms with E-state index in [1.54, 1.807) is 37.4 Å². The van der Waals surface area contributed by atoms with Crippen molar-refractivity contribution in [3.8, 4) is 5.75 Å². The first-order valence-electron chi connectivity index (χ1n) is 6.51. The molecule has 6 heteroatoms. The first-order chi connectivity index (χ1) is 10.6. The number of nitrogen functional groups attached to an aromatic ring is 1. The van der Waals surface area contributed by atoms with Gasteiger partial charge in [0, 0.05) is 21.6 Å². The van der Waals surface area contributed by atoms with Gasteiger partial charge in [0.15, 0.2) is 0 Å². The first-order valence-corrected chi connectivity index (χ1v) is 7.30. The van der Waals surface area contributed by atoms with Gasteiger partial charge in [-0.15, -0.1) is 0 Å². The lowest BCUT2D eigenvalue weighted by atomic mass is 10.2. The van der Waals surface area contributed by atoms with Crippen molar-refractivity contribution in [1.82, 2.24) is 0 Å². The Balaban J connectivity index is 1.93. The molecule has 0 aliphatic rings. The van der Waals surface area contributed by atoms with E-state index in [9.17, 15) is 4.79 Å². The van der Waals surface area contributed by atoms with Crippen LogP contribution in [0.3, 0.4) is 0 Å². The molecule has 0 saturated heterocycles. The highest BCUT2D eigenvalue weighted by Gasteiger charge is 2.19. The molecule has 1 amide bonds. The van der Waals surface area contributed by atoms with Crippen molar-refractivity contribution in [3.05, 3.63) is 52.7 Å². The fraction of sp³-hybridized carbons (Fsp3) is 0.0625. The second-order valence-electron chi connectivity index (χ2n) is 4.67. The van der Waals surface area contributed by atoms with E-state index in [1.807, 2.05) is 12.1 Å². The molecular formula is C16H13BrN2O3. The Morgan fingerprint density at radius 3 is 2.86 bits per heavy atom. The molecule has 3 aromatic rings. The minimum Gasteiger partial charge on any atom is -0.497 e. The number of amides is 1. The van der Waals surface area contributed by atoms with Gasteiger partial charge in [0.05, 0.1) is 12.8 Å². The van der Waals surface area contributed by atoms with Crippen LogP contribution in [0.25, 0.3) is 11.0 Å². The number of halogens is 1. The number of ether oxygens (including phenoxy) is 1. The number of anilines is 2. The second kappa shape index (κ2) is 5.73. The van der Waals surface area contributed by atoms with E-state index in [0.717, 1.165) is 4.47 Å². The van der Waals surface area contributed by atoms with E-state index >= 15 is 0 Å². The van der Waals surface area contributed by atoms with E-state index in [-0.39, 0.29) is 5.76 Å². The average molecular weight is 361 g/mol. The Hall–Kier alpha value is -2.47. The molecule has 0 spiro atoms. The maximum absolute atomic E-state index is 12.4. The summed E-state index contributed by atoms with van der Waals surface area (Å²) in [4.78, 5) is 12.4. The van der Waals surface area contributed by atoms with Gasteiger partial charge in [0.2, 0.25) is 5.76 Å². The normalized spacial score (nSPS) is 10.6. The molecule has 112 valence electrons. The van der Waals surface area contributed by atoms with Crippen LogP contribution in [0, 0.1) is 0 Å². The Labute approximate surface area is 135 Å². The smallest absolute Gasteiger partial charge is 0.293 e. The number of rotatable bonds is 3. The number of furan rings is 1. The van der Waals surface area contributed by atoms with Crippen molar-refractivity contribution in [2.24, 2.45) is 0 Å². The van der Waals surface area contributed by atoms with Gasteiger partial charge < -0.3 is 20.2 Å². The number of hydrogen-bond acceptors (Lipinski definition) is 4. The molecule has 0 bridgehead atoms. The number of benzene rings is 2. The molecular weight excluding hydrogens is 348 g/mol.